The van der Waals surface area contributed by atoms with Crippen LogP contribution in [0, 0.1) is 6.92 Å². The summed E-state index contributed by atoms with van der Waals surface area (Å²) in [6.45, 7) is 2.76. The summed E-state index contributed by atoms with van der Waals surface area (Å²) in [6.07, 6.45) is 2.64. The zero-order chi connectivity index (χ0) is 15.5. The minimum atomic E-state index is 0.704. The molecule has 0 bridgehead atoms. The molecule has 1 N–H and O–H groups in total. The van der Waals surface area contributed by atoms with Crippen LogP contribution in [-0.2, 0) is 20.0 Å². The van der Waals surface area contributed by atoms with E-state index in [9.17, 15) is 0 Å². The first-order valence-electron chi connectivity index (χ1n) is 6.90. The average molecular weight is 334 g/mol. The molecule has 22 heavy (non-hydrogen) atoms. The first kappa shape index (κ1) is 15.0. The largest absolute Gasteiger partial charge is 0.356 e. The van der Waals surface area contributed by atoms with Gasteiger partial charge in [0.05, 0.1) is 6.20 Å². The second-order valence-corrected chi connectivity index (χ2v) is 6.54. The topological polar surface area (TPSA) is 55.6 Å². The fourth-order valence-corrected chi connectivity index (χ4v) is 2.96. The lowest BCUT2D eigenvalue weighted by molar-refractivity contribution is 0.738. The molecular formula is C15H16ClN5S. The number of hydrogen-bond donors (Lipinski definition) is 1. The highest BCUT2D eigenvalue weighted by Gasteiger charge is 2.07. The average Bonchev–Trinajstić information content (AvgIpc) is 3.08. The van der Waals surface area contributed by atoms with Crippen molar-refractivity contribution in [3.05, 3.63) is 57.3 Å². The minimum absolute atomic E-state index is 0.704. The van der Waals surface area contributed by atoms with E-state index >= 15 is 0 Å². The van der Waals surface area contributed by atoms with E-state index in [1.807, 2.05) is 42.2 Å². The van der Waals surface area contributed by atoms with Gasteiger partial charge in [-0.2, -0.15) is 5.10 Å². The van der Waals surface area contributed by atoms with E-state index in [1.165, 1.54) is 5.56 Å². The van der Waals surface area contributed by atoms with Crippen LogP contribution in [-0.4, -0.2) is 20.0 Å². The lowest BCUT2D eigenvalue weighted by atomic mass is 10.2. The lowest BCUT2D eigenvalue weighted by Gasteiger charge is -2.01. The van der Waals surface area contributed by atoms with Crippen molar-refractivity contribution in [3.63, 3.8) is 0 Å². The maximum absolute atomic E-state index is 5.89. The number of aromatic nitrogens is 4. The van der Waals surface area contributed by atoms with Crippen molar-refractivity contribution in [2.75, 3.05) is 5.32 Å². The molecule has 0 fully saturated rings. The highest BCUT2D eigenvalue weighted by Crippen LogP contribution is 2.20. The maximum Gasteiger partial charge on any atom is 0.205 e. The number of halogens is 1. The molecule has 0 aliphatic heterocycles. The SMILES string of the molecule is Cc1c(CNc2nnc(Cc3ccc(Cl)cc3)s2)cnn1C. The number of nitrogens with one attached hydrogen (secondary N) is 1. The summed E-state index contributed by atoms with van der Waals surface area (Å²) in [5.41, 5.74) is 3.49. The van der Waals surface area contributed by atoms with E-state index in [0.29, 0.717) is 6.54 Å². The number of aryl methyl sites for hydroxylation is 1. The third-order valence-corrected chi connectivity index (χ3v) is 4.64. The van der Waals surface area contributed by atoms with Crippen molar-refractivity contribution in [3.8, 4) is 0 Å². The second kappa shape index (κ2) is 6.46. The van der Waals surface area contributed by atoms with Gasteiger partial charge in [0.25, 0.3) is 0 Å². The molecule has 0 saturated heterocycles. The van der Waals surface area contributed by atoms with Gasteiger partial charge in [-0.15, -0.1) is 10.2 Å². The van der Waals surface area contributed by atoms with Crippen molar-refractivity contribution in [2.45, 2.75) is 19.9 Å². The van der Waals surface area contributed by atoms with Gasteiger partial charge in [-0.25, -0.2) is 0 Å². The van der Waals surface area contributed by atoms with Crippen LogP contribution in [0.15, 0.2) is 30.5 Å². The van der Waals surface area contributed by atoms with E-state index in [-0.39, 0.29) is 0 Å². The highest BCUT2D eigenvalue weighted by molar-refractivity contribution is 7.15. The molecule has 114 valence electrons. The fraction of sp³-hybridized carbons (Fsp3) is 0.267. The van der Waals surface area contributed by atoms with Gasteiger partial charge in [-0.1, -0.05) is 35.1 Å². The van der Waals surface area contributed by atoms with Crippen LogP contribution in [0.3, 0.4) is 0 Å². The Labute approximate surface area is 138 Å². The van der Waals surface area contributed by atoms with Crippen LogP contribution in [0.2, 0.25) is 5.02 Å². The van der Waals surface area contributed by atoms with Crippen LogP contribution < -0.4 is 5.32 Å². The Hall–Kier alpha value is -1.92. The smallest absolute Gasteiger partial charge is 0.205 e. The van der Waals surface area contributed by atoms with E-state index in [4.69, 9.17) is 11.6 Å². The molecule has 0 atom stereocenters. The van der Waals surface area contributed by atoms with Crippen LogP contribution in [0.5, 0.6) is 0 Å². The zero-order valence-electron chi connectivity index (χ0n) is 12.4. The summed E-state index contributed by atoms with van der Waals surface area (Å²) in [6, 6.07) is 7.80. The van der Waals surface area contributed by atoms with E-state index in [0.717, 1.165) is 32.8 Å². The number of hydrogen-bond acceptors (Lipinski definition) is 5. The van der Waals surface area contributed by atoms with Gasteiger partial charge >= 0.3 is 0 Å². The van der Waals surface area contributed by atoms with E-state index in [1.54, 1.807) is 11.3 Å². The molecule has 1 aromatic carbocycles. The lowest BCUT2D eigenvalue weighted by Crippen LogP contribution is -2.01. The van der Waals surface area contributed by atoms with Crippen molar-refractivity contribution < 1.29 is 0 Å². The Morgan fingerprint density at radius 2 is 2.00 bits per heavy atom. The zero-order valence-corrected chi connectivity index (χ0v) is 13.9. The molecule has 0 unspecified atom stereocenters. The van der Waals surface area contributed by atoms with Crippen molar-refractivity contribution in [1.29, 1.82) is 0 Å². The highest BCUT2D eigenvalue weighted by atomic mass is 35.5. The quantitative estimate of drug-likeness (QED) is 0.777. The van der Waals surface area contributed by atoms with Gasteiger partial charge in [-0.05, 0) is 24.6 Å². The standard InChI is InChI=1S/C15H16ClN5S/c1-10-12(9-18-21(10)2)8-17-15-20-19-14(22-15)7-11-3-5-13(16)6-4-11/h3-6,9H,7-8H2,1-2H3,(H,17,20). The Balaban J connectivity index is 1.61. The molecule has 2 heterocycles. The summed E-state index contributed by atoms with van der Waals surface area (Å²) in [5.74, 6) is 0. The van der Waals surface area contributed by atoms with Gasteiger partial charge in [0.2, 0.25) is 5.13 Å². The molecule has 0 spiro atoms. The number of benzene rings is 1. The van der Waals surface area contributed by atoms with Crippen LogP contribution in [0.25, 0.3) is 0 Å². The number of rotatable bonds is 5. The molecule has 3 aromatic rings. The molecule has 0 amide bonds. The Morgan fingerprint density at radius 3 is 2.68 bits per heavy atom. The number of nitrogens with zero attached hydrogens (tertiary/aromatic N) is 4. The Morgan fingerprint density at radius 1 is 1.23 bits per heavy atom. The molecule has 0 aliphatic rings. The molecule has 5 nitrogen and oxygen atoms in total. The third-order valence-electron chi connectivity index (χ3n) is 3.50. The molecule has 0 radical (unpaired) electrons. The molecule has 0 saturated carbocycles. The van der Waals surface area contributed by atoms with Crippen molar-refractivity contribution in [1.82, 2.24) is 20.0 Å². The predicted octanol–water partition coefficient (Wildman–Crippen LogP) is 3.44. The Kier molecular flexibility index (Phi) is 4.40. The number of anilines is 1. The van der Waals surface area contributed by atoms with Gasteiger partial charge in [0, 0.05) is 36.3 Å². The van der Waals surface area contributed by atoms with E-state index in [2.05, 4.69) is 27.5 Å². The van der Waals surface area contributed by atoms with Crippen LogP contribution >= 0.6 is 22.9 Å². The monoisotopic (exact) mass is 333 g/mol. The van der Waals surface area contributed by atoms with Crippen molar-refractivity contribution >= 4 is 28.1 Å². The van der Waals surface area contributed by atoms with Gasteiger partial charge < -0.3 is 5.32 Å². The molecular weight excluding hydrogens is 318 g/mol. The minimum Gasteiger partial charge on any atom is -0.356 e. The van der Waals surface area contributed by atoms with Crippen LogP contribution in [0.1, 0.15) is 21.8 Å². The molecule has 0 aliphatic carbocycles. The molecule has 3 rings (SSSR count). The maximum atomic E-state index is 5.89. The summed E-state index contributed by atoms with van der Waals surface area (Å²) >= 11 is 7.46. The third kappa shape index (κ3) is 3.45. The summed E-state index contributed by atoms with van der Waals surface area (Å²) in [7, 11) is 1.94. The summed E-state index contributed by atoms with van der Waals surface area (Å²) in [5, 5.41) is 18.5. The Bertz CT molecular complexity index is 763. The van der Waals surface area contributed by atoms with Crippen LogP contribution in [0.4, 0.5) is 5.13 Å². The summed E-state index contributed by atoms with van der Waals surface area (Å²) < 4.78 is 1.86. The molecule has 7 heteroatoms. The van der Waals surface area contributed by atoms with Gasteiger partial charge in [0.1, 0.15) is 5.01 Å². The van der Waals surface area contributed by atoms with Gasteiger partial charge in [-0.3, -0.25) is 4.68 Å². The van der Waals surface area contributed by atoms with Crippen molar-refractivity contribution in [2.24, 2.45) is 7.05 Å². The van der Waals surface area contributed by atoms with Gasteiger partial charge in [0.15, 0.2) is 0 Å². The first-order valence-corrected chi connectivity index (χ1v) is 8.09. The second-order valence-electron chi connectivity index (χ2n) is 5.04. The predicted molar refractivity (Wildman–Crippen MR) is 89.4 cm³/mol. The first-order chi connectivity index (χ1) is 10.6. The molecule has 2 aromatic heterocycles. The fourth-order valence-electron chi connectivity index (χ4n) is 2.06. The van der Waals surface area contributed by atoms with E-state index < -0.39 is 0 Å². The normalized spacial score (nSPS) is 10.9. The summed E-state index contributed by atoms with van der Waals surface area (Å²) in [4.78, 5) is 0.